The number of rotatable bonds is 13. The van der Waals surface area contributed by atoms with E-state index in [9.17, 15) is 18.0 Å². The smallest absolute Gasteiger partial charge is 0.244 e. The molecule has 0 aliphatic rings. The molecule has 44 heavy (non-hydrogen) atoms. The van der Waals surface area contributed by atoms with E-state index < -0.39 is 34.4 Å². The molecule has 4 aromatic carbocycles. The zero-order chi connectivity index (χ0) is 31.7. The molecule has 2 amide bonds. The van der Waals surface area contributed by atoms with Crippen molar-refractivity contribution >= 4 is 50.7 Å². The largest absolute Gasteiger partial charge is 0.489 e. The summed E-state index contributed by atoms with van der Waals surface area (Å²) in [6.07, 6.45) is 1.23. The number of hydrogen-bond acceptors (Lipinski definition) is 5. The van der Waals surface area contributed by atoms with Gasteiger partial charge in [-0.05, 0) is 53.1 Å². The molecule has 230 valence electrons. The highest BCUT2D eigenvalue weighted by molar-refractivity contribution is 7.92. The van der Waals surface area contributed by atoms with E-state index >= 15 is 0 Å². The van der Waals surface area contributed by atoms with Crippen LogP contribution in [0.5, 0.6) is 5.75 Å². The maximum atomic E-state index is 14.1. The van der Waals surface area contributed by atoms with Crippen LogP contribution in [0.1, 0.15) is 16.7 Å². The highest BCUT2D eigenvalue weighted by atomic mass is 35.5. The van der Waals surface area contributed by atoms with Crippen LogP contribution in [0.25, 0.3) is 0 Å². The van der Waals surface area contributed by atoms with Crippen LogP contribution in [0.15, 0.2) is 103 Å². The molecule has 1 atom stereocenters. The van der Waals surface area contributed by atoms with E-state index in [1.165, 1.54) is 11.9 Å². The summed E-state index contributed by atoms with van der Waals surface area (Å²) in [4.78, 5) is 28.7. The lowest BCUT2D eigenvalue weighted by molar-refractivity contribution is -0.139. The van der Waals surface area contributed by atoms with Crippen LogP contribution in [0.3, 0.4) is 0 Å². The van der Waals surface area contributed by atoms with Crippen molar-refractivity contribution in [1.82, 2.24) is 10.2 Å². The fourth-order valence-electron chi connectivity index (χ4n) is 4.62. The molecule has 0 fully saturated rings. The highest BCUT2D eigenvalue weighted by Crippen LogP contribution is 2.26. The van der Waals surface area contributed by atoms with Gasteiger partial charge in [-0.15, -0.1) is 0 Å². The molecule has 0 aromatic heterocycles. The number of hydrogen-bond donors (Lipinski definition) is 1. The third-order valence-corrected chi connectivity index (χ3v) is 8.65. The molecule has 0 aliphatic carbocycles. The number of likely N-dealkylation sites (N-methyl/N-ethyl adjacent to an activating group) is 1. The molecule has 0 radical (unpaired) electrons. The van der Waals surface area contributed by atoms with Crippen molar-refractivity contribution in [2.45, 2.75) is 25.6 Å². The van der Waals surface area contributed by atoms with Crippen LogP contribution in [0.2, 0.25) is 10.0 Å². The zero-order valence-electron chi connectivity index (χ0n) is 24.3. The summed E-state index contributed by atoms with van der Waals surface area (Å²) < 4.78 is 32.8. The summed E-state index contributed by atoms with van der Waals surface area (Å²) in [7, 11) is -2.42. The van der Waals surface area contributed by atoms with E-state index in [-0.39, 0.29) is 18.7 Å². The average molecular weight is 655 g/mol. The van der Waals surface area contributed by atoms with E-state index in [0.717, 1.165) is 21.7 Å². The lowest BCUT2D eigenvalue weighted by Crippen LogP contribution is -2.52. The van der Waals surface area contributed by atoms with Gasteiger partial charge in [0.25, 0.3) is 0 Å². The molecule has 0 saturated heterocycles. The van der Waals surface area contributed by atoms with Gasteiger partial charge in [0.15, 0.2) is 0 Å². The molecule has 4 rings (SSSR count). The number of nitrogens with zero attached hydrogens (tertiary/aromatic N) is 2. The topological polar surface area (TPSA) is 96.0 Å². The Balaban J connectivity index is 1.63. The molecule has 1 unspecified atom stereocenters. The second-order valence-corrected chi connectivity index (χ2v) is 12.9. The Morgan fingerprint density at radius 3 is 2.05 bits per heavy atom. The predicted molar refractivity (Wildman–Crippen MR) is 174 cm³/mol. The van der Waals surface area contributed by atoms with Crippen LogP contribution in [-0.4, -0.2) is 51.0 Å². The quantitative estimate of drug-likeness (QED) is 0.199. The summed E-state index contributed by atoms with van der Waals surface area (Å²) in [6.45, 7) is -0.251. The van der Waals surface area contributed by atoms with Crippen LogP contribution in [0, 0.1) is 0 Å². The summed E-state index contributed by atoms with van der Waals surface area (Å²) in [5, 5.41) is 3.38. The standard InChI is InChI=1S/C33H33Cl2N3O5S/c1-36-33(40)31(19-24-9-5-3-6-10-24)37(21-26-13-14-27(34)20-30(26)35)32(39)22-38(44(2,41)42)28-15-17-29(18-16-28)43-23-25-11-7-4-8-12-25/h3-18,20,31H,19,21-23H2,1-2H3,(H,36,40). The zero-order valence-corrected chi connectivity index (χ0v) is 26.6. The molecule has 1 N–H and O–H groups in total. The molecule has 4 aromatic rings. The van der Waals surface area contributed by atoms with Crippen molar-refractivity contribution in [1.29, 1.82) is 0 Å². The number of nitrogens with one attached hydrogen (secondary N) is 1. The Labute approximate surface area is 268 Å². The van der Waals surface area contributed by atoms with Gasteiger partial charge in [0.2, 0.25) is 21.8 Å². The average Bonchev–Trinajstić information content (AvgIpc) is 3.01. The second-order valence-electron chi connectivity index (χ2n) is 10.1. The number of benzene rings is 4. The number of sulfonamides is 1. The van der Waals surface area contributed by atoms with E-state index in [4.69, 9.17) is 27.9 Å². The Morgan fingerprint density at radius 2 is 1.48 bits per heavy atom. The SMILES string of the molecule is CNC(=O)C(Cc1ccccc1)N(Cc1ccc(Cl)cc1Cl)C(=O)CN(c1ccc(OCc2ccccc2)cc1)S(C)(=O)=O. The Morgan fingerprint density at radius 1 is 0.864 bits per heavy atom. The summed E-state index contributed by atoms with van der Waals surface area (Å²) >= 11 is 12.6. The fourth-order valence-corrected chi connectivity index (χ4v) is 5.94. The minimum absolute atomic E-state index is 0.0520. The summed E-state index contributed by atoms with van der Waals surface area (Å²) in [5.41, 5.74) is 2.64. The van der Waals surface area contributed by atoms with Crippen molar-refractivity contribution in [2.75, 3.05) is 24.2 Å². The molecule has 0 bridgehead atoms. The van der Waals surface area contributed by atoms with E-state index in [1.54, 1.807) is 42.5 Å². The van der Waals surface area contributed by atoms with Crippen LogP contribution in [-0.2, 0) is 39.2 Å². The van der Waals surface area contributed by atoms with E-state index in [2.05, 4.69) is 5.32 Å². The van der Waals surface area contributed by atoms with Crippen molar-refractivity contribution in [3.63, 3.8) is 0 Å². The molecule has 0 saturated carbocycles. The van der Waals surface area contributed by atoms with Gasteiger partial charge < -0.3 is 15.0 Å². The van der Waals surface area contributed by atoms with Gasteiger partial charge in [-0.3, -0.25) is 13.9 Å². The van der Waals surface area contributed by atoms with Gasteiger partial charge in [0.1, 0.15) is 24.9 Å². The molecule has 0 spiro atoms. The summed E-state index contributed by atoms with van der Waals surface area (Å²) in [6, 6.07) is 29.3. The lowest BCUT2D eigenvalue weighted by atomic mass is 10.0. The molecule has 0 aliphatic heterocycles. The first-order valence-electron chi connectivity index (χ1n) is 13.8. The maximum Gasteiger partial charge on any atom is 0.244 e. The van der Waals surface area contributed by atoms with Gasteiger partial charge in [0, 0.05) is 30.1 Å². The minimum Gasteiger partial charge on any atom is -0.489 e. The van der Waals surface area contributed by atoms with Crippen LogP contribution < -0.4 is 14.4 Å². The van der Waals surface area contributed by atoms with Gasteiger partial charge in [-0.2, -0.15) is 0 Å². The maximum absolute atomic E-state index is 14.1. The fraction of sp³-hybridized carbons (Fsp3) is 0.212. The first-order chi connectivity index (χ1) is 21.0. The number of anilines is 1. The van der Waals surface area contributed by atoms with Crippen molar-refractivity contribution in [3.8, 4) is 5.75 Å². The third-order valence-electron chi connectivity index (χ3n) is 6.93. The van der Waals surface area contributed by atoms with Crippen molar-refractivity contribution in [3.05, 3.63) is 130 Å². The van der Waals surface area contributed by atoms with Gasteiger partial charge in [-0.1, -0.05) is 89.9 Å². The van der Waals surface area contributed by atoms with E-state index in [0.29, 0.717) is 28.0 Å². The number of halogens is 2. The Hall–Kier alpha value is -4.05. The van der Waals surface area contributed by atoms with E-state index in [1.807, 2.05) is 60.7 Å². The predicted octanol–water partition coefficient (Wildman–Crippen LogP) is 5.72. The molecular formula is C33H33Cl2N3O5S. The summed E-state index contributed by atoms with van der Waals surface area (Å²) in [5.74, 6) is -0.451. The molecular weight excluding hydrogens is 621 g/mol. The number of carbonyl (C=O) groups excluding carboxylic acids is 2. The first-order valence-corrected chi connectivity index (χ1v) is 16.4. The Bertz CT molecular complexity index is 1670. The number of carbonyl (C=O) groups is 2. The number of amides is 2. The normalized spacial score (nSPS) is 11.8. The van der Waals surface area contributed by atoms with Gasteiger partial charge >= 0.3 is 0 Å². The molecule has 8 nitrogen and oxygen atoms in total. The number of ether oxygens (including phenoxy) is 1. The highest BCUT2D eigenvalue weighted by Gasteiger charge is 2.33. The third kappa shape index (κ3) is 8.98. The lowest BCUT2D eigenvalue weighted by Gasteiger charge is -2.33. The van der Waals surface area contributed by atoms with Crippen LogP contribution in [0.4, 0.5) is 5.69 Å². The monoisotopic (exact) mass is 653 g/mol. The Kier molecular flexibility index (Phi) is 11.3. The first kappa shape index (κ1) is 32.9. The van der Waals surface area contributed by atoms with Gasteiger partial charge in [0.05, 0.1) is 11.9 Å². The van der Waals surface area contributed by atoms with Crippen molar-refractivity contribution < 1.29 is 22.7 Å². The van der Waals surface area contributed by atoms with Crippen molar-refractivity contribution in [2.24, 2.45) is 0 Å². The second kappa shape index (κ2) is 15.1. The van der Waals surface area contributed by atoms with Gasteiger partial charge in [-0.25, -0.2) is 8.42 Å². The molecule has 11 heteroatoms. The minimum atomic E-state index is -3.91. The van der Waals surface area contributed by atoms with Crippen LogP contribution >= 0.6 is 23.2 Å². The molecule has 0 heterocycles.